The molecule has 1 atom stereocenters. The highest BCUT2D eigenvalue weighted by molar-refractivity contribution is 5.71. The minimum Gasteiger partial charge on any atom is -0.462 e. The second-order valence-electron chi connectivity index (χ2n) is 17.1. The minimum absolute atomic E-state index is 0.0780. The third kappa shape index (κ3) is 46.4. The average Bonchev–Trinajstić information content (AvgIpc) is 3.24. The SMILES string of the molecule is CC/C=C\C/C=C\CCCCCCCCCC(=O)OC(COC(=O)CCCCCCCC/C=C\C=C/CCCCC)COC(=O)CCCCCCCCCCCCCCC. The van der Waals surface area contributed by atoms with Gasteiger partial charge in [-0.3, -0.25) is 14.4 Å². The van der Waals surface area contributed by atoms with Gasteiger partial charge in [0.1, 0.15) is 13.2 Å². The summed E-state index contributed by atoms with van der Waals surface area (Å²) in [5.74, 6) is -0.892. The van der Waals surface area contributed by atoms with Crippen molar-refractivity contribution in [2.24, 2.45) is 0 Å². The number of ether oxygens (including phenoxy) is 3. The lowest BCUT2D eigenvalue weighted by Crippen LogP contribution is -2.30. The van der Waals surface area contributed by atoms with Crippen LogP contribution in [0.15, 0.2) is 48.6 Å². The summed E-state index contributed by atoms with van der Waals surface area (Å²) in [5, 5.41) is 0. The van der Waals surface area contributed by atoms with Crippen LogP contribution in [-0.4, -0.2) is 37.2 Å². The summed E-state index contributed by atoms with van der Waals surface area (Å²) in [4.78, 5) is 37.9. The quantitative estimate of drug-likeness (QED) is 0.0200. The summed E-state index contributed by atoms with van der Waals surface area (Å²) in [5.41, 5.74) is 0. The van der Waals surface area contributed by atoms with Gasteiger partial charge in [-0.1, -0.05) is 217 Å². The lowest BCUT2D eigenvalue weighted by Gasteiger charge is -2.18. The van der Waals surface area contributed by atoms with E-state index in [1.807, 2.05) is 0 Å². The van der Waals surface area contributed by atoms with Crippen molar-refractivity contribution in [2.75, 3.05) is 13.2 Å². The van der Waals surface area contributed by atoms with E-state index in [0.717, 1.165) is 83.5 Å². The second-order valence-corrected chi connectivity index (χ2v) is 17.1. The number of unbranched alkanes of at least 4 members (excludes halogenated alkanes) is 28. The molecule has 60 heavy (non-hydrogen) atoms. The van der Waals surface area contributed by atoms with Crippen molar-refractivity contribution >= 4 is 17.9 Å². The van der Waals surface area contributed by atoms with Crippen LogP contribution in [0.2, 0.25) is 0 Å². The van der Waals surface area contributed by atoms with Gasteiger partial charge in [-0.2, -0.15) is 0 Å². The van der Waals surface area contributed by atoms with Crippen molar-refractivity contribution in [1.82, 2.24) is 0 Å². The van der Waals surface area contributed by atoms with Crippen molar-refractivity contribution in [3.63, 3.8) is 0 Å². The van der Waals surface area contributed by atoms with Crippen LogP contribution in [-0.2, 0) is 28.6 Å². The molecule has 0 bridgehead atoms. The Kier molecular flexibility index (Phi) is 46.9. The third-order valence-corrected chi connectivity index (χ3v) is 11.1. The van der Waals surface area contributed by atoms with E-state index in [2.05, 4.69) is 69.4 Å². The predicted molar refractivity (Wildman–Crippen MR) is 256 cm³/mol. The van der Waals surface area contributed by atoms with Gasteiger partial charge in [-0.25, -0.2) is 0 Å². The van der Waals surface area contributed by atoms with Crippen LogP contribution < -0.4 is 0 Å². The van der Waals surface area contributed by atoms with Gasteiger partial charge >= 0.3 is 17.9 Å². The zero-order chi connectivity index (χ0) is 43.7. The van der Waals surface area contributed by atoms with Gasteiger partial charge in [0.05, 0.1) is 0 Å². The molecule has 0 aliphatic carbocycles. The Morgan fingerprint density at radius 2 is 0.700 bits per heavy atom. The zero-order valence-electron chi connectivity index (χ0n) is 39.7. The Morgan fingerprint density at radius 1 is 0.367 bits per heavy atom. The first-order valence-electron chi connectivity index (χ1n) is 25.7. The van der Waals surface area contributed by atoms with Gasteiger partial charge in [-0.05, 0) is 70.6 Å². The van der Waals surface area contributed by atoms with Gasteiger partial charge < -0.3 is 14.2 Å². The molecule has 0 aliphatic heterocycles. The molecule has 6 nitrogen and oxygen atoms in total. The van der Waals surface area contributed by atoms with Crippen molar-refractivity contribution in [3.8, 4) is 0 Å². The Balaban J connectivity index is 4.39. The first-order chi connectivity index (χ1) is 29.5. The molecule has 0 aromatic rings. The first-order valence-corrected chi connectivity index (χ1v) is 25.7. The van der Waals surface area contributed by atoms with E-state index in [1.165, 1.54) is 135 Å². The molecule has 0 aromatic carbocycles. The molecule has 0 saturated carbocycles. The molecule has 0 N–H and O–H groups in total. The Morgan fingerprint density at radius 3 is 1.13 bits per heavy atom. The molecule has 0 radical (unpaired) electrons. The minimum atomic E-state index is -0.778. The second kappa shape index (κ2) is 49.0. The van der Waals surface area contributed by atoms with E-state index in [9.17, 15) is 14.4 Å². The maximum Gasteiger partial charge on any atom is 0.306 e. The predicted octanol–water partition coefficient (Wildman–Crippen LogP) is 16.7. The molecule has 0 aliphatic rings. The van der Waals surface area contributed by atoms with E-state index in [4.69, 9.17) is 14.2 Å². The highest BCUT2D eigenvalue weighted by Gasteiger charge is 2.19. The smallest absolute Gasteiger partial charge is 0.306 e. The number of esters is 3. The van der Waals surface area contributed by atoms with Gasteiger partial charge in [0.25, 0.3) is 0 Å². The molecule has 0 fully saturated rings. The van der Waals surface area contributed by atoms with E-state index >= 15 is 0 Å². The summed E-state index contributed by atoms with van der Waals surface area (Å²) >= 11 is 0. The van der Waals surface area contributed by atoms with Crippen LogP contribution >= 0.6 is 0 Å². The summed E-state index contributed by atoms with van der Waals surface area (Å²) in [6.45, 7) is 6.50. The molecule has 0 rings (SSSR count). The number of hydrogen-bond donors (Lipinski definition) is 0. The maximum atomic E-state index is 12.8. The van der Waals surface area contributed by atoms with Crippen molar-refractivity contribution < 1.29 is 28.6 Å². The monoisotopic (exact) mass is 841 g/mol. The number of allylic oxidation sites excluding steroid dienone is 8. The molecule has 348 valence electrons. The summed E-state index contributed by atoms with van der Waals surface area (Å²) in [6, 6.07) is 0. The first kappa shape index (κ1) is 57.4. The number of rotatable bonds is 46. The van der Waals surface area contributed by atoms with Crippen LogP contribution in [0, 0.1) is 0 Å². The summed E-state index contributed by atoms with van der Waals surface area (Å²) in [7, 11) is 0. The molecular weight excluding hydrogens is 745 g/mol. The highest BCUT2D eigenvalue weighted by Crippen LogP contribution is 2.15. The van der Waals surface area contributed by atoms with E-state index in [0.29, 0.717) is 19.3 Å². The lowest BCUT2D eigenvalue weighted by atomic mass is 10.0. The highest BCUT2D eigenvalue weighted by atomic mass is 16.6. The summed E-state index contributed by atoms with van der Waals surface area (Å²) < 4.78 is 16.8. The van der Waals surface area contributed by atoms with Crippen molar-refractivity contribution in [1.29, 1.82) is 0 Å². The topological polar surface area (TPSA) is 78.9 Å². The zero-order valence-corrected chi connectivity index (χ0v) is 39.7. The number of carbonyl (C=O) groups excluding carboxylic acids is 3. The van der Waals surface area contributed by atoms with Gasteiger partial charge in [-0.15, -0.1) is 0 Å². The molecule has 0 heterocycles. The van der Waals surface area contributed by atoms with Crippen LogP contribution in [0.25, 0.3) is 0 Å². The summed E-state index contributed by atoms with van der Waals surface area (Å²) in [6.07, 6.45) is 58.0. The van der Waals surface area contributed by atoms with Crippen LogP contribution in [0.4, 0.5) is 0 Å². The number of hydrogen-bond acceptors (Lipinski definition) is 6. The van der Waals surface area contributed by atoms with E-state index in [1.54, 1.807) is 0 Å². The molecule has 0 aromatic heterocycles. The Hall–Kier alpha value is -2.63. The van der Waals surface area contributed by atoms with Gasteiger partial charge in [0.2, 0.25) is 0 Å². The average molecular weight is 841 g/mol. The fourth-order valence-electron chi connectivity index (χ4n) is 7.24. The lowest BCUT2D eigenvalue weighted by molar-refractivity contribution is -0.167. The Bertz CT molecular complexity index is 1060. The molecular formula is C54H96O6. The molecule has 6 heteroatoms. The van der Waals surface area contributed by atoms with Crippen molar-refractivity contribution in [3.05, 3.63) is 48.6 Å². The largest absolute Gasteiger partial charge is 0.462 e. The fraction of sp³-hybridized carbons (Fsp3) is 0.796. The third-order valence-electron chi connectivity index (χ3n) is 11.1. The Labute approximate surface area is 371 Å². The normalized spacial score (nSPS) is 12.4. The molecule has 0 amide bonds. The van der Waals surface area contributed by atoms with Crippen LogP contribution in [0.5, 0.6) is 0 Å². The van der Waals surface area contributed by atoms with Gasteiger partial charge in [0, 0.05) is 19.3 Å². The molecule has 0 saturated heterocycles. The van der Waals surface area contributed by atoms with E-state index in [-0.39, 0.29) is 31.1 Å². The molecule has 1 unspecified atom stereocenters. The maximum absolute atomic E-state index is 12.8. The van der Waals surface area contributed by atoms with Crippen LogP contribution in [0.1, 0.15) is 258 Å². The van der Waals surface area contributed by atoms with Crippen LogP contribution in [0.3, 0.4) is 0 Å². The molecule has 0 spiro atoms. The standard InChI is InChI=1S/C54H96O6/c1-4-7-10-13-16-19-22-25-27-30-32-35-38-41-44-47-53(56)59-50-51(49-58-52(55)46-43-40-37-34-31-28-24-21-18-15-12-9-6-3)60-54(57)48-45-42-39-36-33-29-26-23-20-17-14-11-8-5-2/h8,11,16-17,19-20,22,25,51H,4-7,9-10,12-15,18,21,23-24,26-50H2,1-3H3/b11-8-,19-16-,20-17-,25-22-. The van der Waals surface area contributed by atoms with Crippen molar-refractivity contribution in [2.45, 2.75) is 264 Å². The fourth-order valence-corrected chi connectivity index (χ4v) is 7.24. The number of carbonyl (C=O) groups is 3. The van der Waals surface area contributed by atoms with E-state index < -0.39 is 6.10 Å². The van der Waals surface area contributed by atoms with Gasteiger partial charge in [0.15, 0.2) is 6.10 Å².